The third-order valence-corrected chi connectivity index (χ3v) is 14.2. The molecule has 0 fully saturated rings. The van der Waals surface area contributed by atoms with Gasteiger partial charge < -0.3 is 27.9 Å². The molecule has 0 aliphatic rings. The van der Waals surface area contributed by atoms with E-state index >= 15 is 0 Å². The first kappa shape index (κ1) is 75.4. The first-order valence-corrected chi connectivity index (χ1v) is 33.2. The summed E-state index contributed by atoms with van der Waals surface area (Å²) in [5.41, 5.74) is 0. The maximum Gasteiger partial charge on any atom is 0.306 e. The van der Waals surface area contributed by atoms with Crippen LogP contribution < -0.4 is 4.89 Å². The Morgan fingerprint density at radius 1 is 0.405 bits per heavy atom. The Kier molecular flexibility index (Phi) is 56.4. The van der Waals surface area contributed by atoms with E-state index in [1.807, 2.05) is 21.1 Å². The van der Waals surface area contributed by atoms with E-state index in [0.717, 1.165) is 109 Å². The van der Waals surface area contributed by atoms with Gasteiger partial charge in [-0.3, -0.25) is 14.2 Å². The van der Waals surface area contributed by atoms with E-state index in [9.17, 15) is 19.0 Å². The second-order valence-electron chi connectivity index (χ2n) is 22.0. The zero-order valence-corrected chi connectivity index (χ0v) is 52.2. The van der Waals surface area contributed by atoms with Gasteiger partial charge in [-0.25, -0.2) is 0 Å². The van der Waals surface area contributed by atoms with E-state index in [0.29, 0.717) is 17.4 Å². The number of nitrogens with zero attached hydrogens (tertiary/aromatic N) is 1. The van der Waals surface area contributed by atoms with Crippen LogP contribution in [-0.2, 0) is 32.7 Å². The van der Waals surface area contributed by atoms with Gasteiger partial charge in [0.15, 0.2) is 6.10 Å². The molecule has 0 N–H and O–H groups in total. The molecule has 452 valence electrons. The lowest BCUT2D eigenvalue weighted by Crippen LogP contribution is -2.37. The van der Waals surface area contributed by atoms with E-state index in [4.69, 9.17) is 18.5 Å². The molecule has 0 rings (SSSR count). The van der Waals surface area contributed by atoms with Gasteiger partial charge in [0.25, 0.3) is 7.82 Å². The van der Waals surface area contributed by atoms with Crippen molar-refractivity contribution in [3.05, 3.63) is 122 Å². The molecule has 9 nitrogen and oxygen atoms in total. The van der Waals surface area contributed by atoms with Crippen molar-refractivity contribution < 1.29 is 42.1 Å². The topological polar surface area (TPSA) is 111 Å². The minimum atomic E-state index is -4.65. The number of phosphoric acid groups is 1. The fraction of sp³-hybridized carbons (Fsp3) is 0.681. The molecule has 0 amide bonds. The minimum Gasteiger partial charge on any atom is -0.756 e. The summed E-state index contributed by atoms with van der Waals surface area (Å²) in [7, 11) is 1.15. The fourth-order valence-electron chi connectivity index (χ4n) is 8.35. The van der Waals surface area contributed by atoms with Crippen molar-refractivity contribution in [2.24, 2.45) is 0 Å². The third kappa shape index (κ3) is 63.5. The highest BCUT2D eigenvalue weighted by Gasteiger charge is 2.22. The molecular weight excluding hydrogens is 1000 g/mol. The van der Waals surface area contributed by atoms with Crippen molar-refractivity contribution in [3.63, 3.8) is 0 Å². The van der Waals surface area contributed by atoms with Crippen LogP contribution in [0.3, 0.4) is 0 Å². The SMILES string of the molecule is CC/C=C\C/C=C\C/C=C\C/C=C\C/C=C\C/C=C\C/C=C\C/C=C\CCCCCCCCCCCCCCC(=O)OC(COC(=O)CCCCCCCCC/C=C\C/C=C\CCCCCC)COP(=O)([O-])OCC[N+](C)(C)C. The van der Waals surface area contributed by atoms with Crippen LogP contribution in [0.5, 0.6) is 0 Å². The first-order chi connectivity index (χ1) is 38.5. The van der Waals surface area contributed by atoms with Crippen molar-refractivity contribution in [3.8, 4) is 0 Å². The van der Waals surface area contributed by atoms with E-state index in [1.54, 1.807) is 0 Å². The summed E-state index contributed by atoms with van der Waals surface area (Å²) in [6, 6.07) is 0. The molecule has 0 radical (unpaired) electrons. The number of rotatable bonds is 57. The number of esters is 2. The summed E-state index contributed by atoms with van der Waals surface area (Å²) >= 11 is 0. The quantitative estimate of drug-likeness (QED) is 0.0195. The van der Waals surface area contributed by atoms with Crippen LogP contribution in [0.2, 0.25) is 0 Å². The predicted molar refractivity (Wildman–Crippen MR) is 337 cm³/mol. The van der Waals surface area contributed by atoms with Crippen molar-refractivity contribution in [1.29, 1.82) is 0 Å². The number of allylic oxidation sites excluding steroid dienone is 20. The number of phosphoric ester groups is 1. The van der Waals surface area contributed by atoms with Crippen LogP contribution in [0.4, 0.5) is 0 Å². The lowest BCUT2D eigenvalue weighted by atomic mass is 10.0. The van der Waals surface area contributed by atoms with Gasteiger partial charge in [-0.15, -0.1) is 0 Å². The Bertz CT molecular complexity index is 1750. The second kappa shape index (κ2) is 59.0. The summed E-state index contributed by atoms with van der Waals surface area (Å²) in [6.07, 6.45) is 84.0. The van der Waals surface area contributed by atoms with Gasteiger partial charge in [-0.05, 0) is 109 Å². The van der Waals surface area contributed by atoms with Crippen molar-refractivity contribution in [1.82, 2.24) is 0 Å². The van der Waals surface area contributed by atoms with Gasteiger partial charge in [0.1, 0.15) is 19.8 Å². The van der Waals surface area contributed by atoms with Crippen molar-refractivity contribution >= 4 is 19.8 Å². The van der Waals surface area contributed by atoms with Crippen LogP contribution in [0.1, 0.15) is 251 Å². The Morgan fingerprint density at radius 3 is 1.08 bits per heavy atom. The fourth-order valence-corrected chi connectivity index (χ4v) is 9.08. The molecule has 0 saturated heterocycles. The van der Waals surface area contributed by atoms with E-state index in [1.165, 1.54) is 109 Å². The molecule has 0 aliphatic heterocycles. The number of carbonyl (C=O) groups is 2. The lowest BCUT2D eigenvalue weighted by Gasteiger charge is -2.28. The van der Waals surface area contributed by atoms with Crippen LogP contribution >= 0.6 is 7.82 Å². The van der Waals surface area contributed by atoms with Crippen LogP contribution in [0.15, 0.2) is 122 Å². The molecule has 0 aromatic heterocycles. The smallest absolute Gasteiger partial charge is 0.306 e. The summed E-state index contributed by atoms with van der Waals surface area (Å²) in [4.78, 5) is 37.9. The monoisotopic (exact) mass is 1120 g/mol. The standard InChI is InChI=1S/C69H118NO8P/c1-6-8-10-12-14-16-18-20-22-24-26-27-28-29-30-31-32-33-34-35-36-37-38-39-40-41-42-43-44-46-48-50-52-54-56-58-60-62-69(72)78-67(66-77-79(73,74)76-64-63-70(3,4)5)65-75-68(71)61-59-57-55-53-51-49-47-45-25-23-21-19-17-15-13-11-9-7-2/h8,10,14,16-17,19-20,22-23,25-27,29-30,32-33,35-36,38-39,67H,6-7,9,11-13,15,18,21,24,28,31,34,37,40-66H2,1-5H3/b10-8-,16-14-,19-17-,22-20-,25-23-,27-26-,30-29-,33-32-,36-35-,39-38-. The molecule has 2 atom stereocenters. The number of quaternary nitrogens is 1. The largest absolute Gasteiger partial charge is 0.756 e. The zero-order chi connectivity index (χ0) is 57.7. The van der Waals surface area contributed by atoms with Gasteiger partial charge in [0.2, 0.25) is 0 Å². The van der Waals surface area contributed by atoms with Gasteiger partial charge in [0, 0.05) is 12.8 Å². The van der Waals surface area contributed by atoms with Crippen molar-refractivity contribution in [2.45, 2.75) is 258 Å². The molecule has 0 heterocycles. The zero-order valence-electron chi connectivity index (χ0n) is 51.3. The highest BCUT2D eigenvalue weighted by molar-refractivity contribution is 7.45. The highest BCUT2D eigenvalue weighted by Crippen LogP contribution is 2.38. The van der Waals surface area contributed by atoms with Crippen LogP contribution in [0.25, 0.3) is 0 Å². The van der Waals surface area contributed by atoms with E-state index in [-0.39, 0.29) is 26.1 Å². The Morgan fingerprint density at radius 2 is 0.722 bits per heavy atom. The maximum atomic E-state index is 12.8. The number of unbranched alkanes of at least 4 members (excludes halogenated alkanes) is 23. The van der Waals surface area contributed by atoms with Gasteiger partial charge in [-0.1, -0.05) is 251 Å². The molecule has 0 aromatic rings. The average molecular weight is 1120 g/mol. The Hall–Kier alpha value is -3.59. The minimum absolute atomic E-state index is 0.0374. The summed E-state index contributed by atoms with van der Waals surface area (Å²) < 4.78 is 34.2. The molecule has 0 spiro atoms. The highest BCUT2D eigenvalue weighted by atomic mass is 31.2. The van der Waals surface area contributed by atoms with E-state index in [2.05, 4.69) is 135 Å². The summed E-state index contributed by atoms with van der Waals surface area (Å²) in [6.45, 7) is 4.10. The predicted octanol–water partition coefficient (Wildman–Crippen LogP) is 19.7. The van der Waals surface area contributed by atoms with Crippen LogP contribution in [-0.4, -0.2) is 70.0 Å². The number of hydrogen-bond donors (Lipinski definition) is 0. The van der Waals surface area contributed by atoms with Gasteiger partial charge in [-0.2, -0.15) is 0 Å². The van der Waals surface area contributed by atoms with Gasteiger partial charge >= 0.3 is 11.9 Å². The van der Waals surface area contributed by atoms with Crippen LogP contribution in [0, 0.1) is 0 Å². The average Bonchev–Trinajstić information content (AvgIpc) is 3.41. The van der Waals surface area contributed by atoms with Crippen molar-refractivity contribution in [2.75, 3.05) is 47.5 Å². The number of hydrogen-bond acceptors (Lipinski definition) is 8. The van der Waals surface area contributed by atoms with Gasteiger partial charge in [0.05, 0.1) is 27.7 Å². The first-order valence-electron chi connectivity index (χ1n) is 31.7. The normalized spacial score (nSPS) is 14.1. The number of likely N-dealkylation sites (N-methyl/N-ethyl adjacent to an activating group) is 1. The molecule has 79 heavy (non-hydrogen) atoms. The molecule has 0 aromatic carbocycles. The Balaban J connectivity index is 4.10. The second-order valence-corrected chi connectivity index (χ2v) is 23.4. The third-order valence-electron chi connectivity index (χ3n) is 13.2. The lowest BCUT2D eigenvalue weighted by molar-refractivity contribution is -0.870. The molecule has 0 saturated carbocycles. The molecular formula is C69H118NO8P. The maximum absolute atomic E-state index is 12.8. The summed E-state index contributed by atoms with van der Waals surface area (Å²) in [5, 5.41) is 0. The number of carbonyl (C=O) groups excluding carboxylic acids is 2. The molecule has 2 unspecified atom stereocenters. The molecule has 0 aliphatic carbocycles. The number of ether oxygens (including phenoxy) is 2. The summed E-state index contributed by atoms with van der Waals surface area (Å²) in [5.74, 6) is -0.847. The molecule has 0 bridgehead atoms. The Labute approximate surface area is 486 Å². The molecule has 10 heteroatoms. The van der Waals surface area contributed by atoms with E-state index < -0.39 is 32.5 Å².